The third kappa shape index (κ3) is 1.31. The van der Waals surface area contributed by atoms with Gasteiger partial charge in [-0.3, -0.25) is 4.79 Å². The van der Waals surface area contributed by atoms with Crippen LogP contribution in [0.4, 0.5) is 0 Å². The van der Waals surface area contributed by atoms with E-state index in [1.807, 2.05) is 0 Å². The second-order valence-corrected chi connectivity index (χ2v) is 5.73. The van der Waals surface area contributed by atoms with Crippen molar-refractivity contribution in [3.8, 4) is 0 Å². The predicted molar refractivity (Wildman–Crippen MR) is 55.3 cm³/mol. The third-order valence-corrected chi connectivity index (χ3v) is 3.86. The number of esters is 1. The van der Waals surface area contributed by atoms with E-state index in [4.69, 9.17) is 4.74 Å². The fourth-order valence-electron chi connectivity index (χ4n) is 3.10. The molecule has 1 aliphatic heterocycles. The molecule has 0 radical (unpaired) electrons. The molecule has 0 bridgehead atoms. The summed E-state index contributed by atoms with van der Waals surface area (Å²) in [5.74, 6) is -0.278. The van der Waals surface area contributed by atoms with Gasteiger partial charge in [0.05, 0.1) is 12.7 Å². The Balaban J connectivity index is 2.18. The number of hydrogen-bond donors (Lipinski definition) is 2. The SMILES string of the molecule is COC(=O)C1(C2(O)CC(C)(C)C2)CNC1. The van der Waals surface area contributed by atoms with Gasteiger partial charge >= 0.3 is 5.97 Å². The van der Waals surface area contributed by atoms with E-state index in [1.165, 1.54) is 7.11 Å². The van der Waals surface area contributed by atoms with Crippen molar-refractivity contribution >= 4 is 5.97 Å². The highest BCUT2D eigenvalue weighted by Gasteiger charge is 2.67. The zero-order valence-corrected chi connectivity index (χ0v) is 9.59. The van der Waals surface area contributed by atoms with E-state index in [2.05, 4.69) is 19.2 Å². The van der Waals surface area contributed by atoms with Crippen LogP contribution >= 0.6 is 0 Å². The standard InChI is InChI=1S/C11H19NO3/c1-9(2)4-11(14,5-9)10(6-12-7-10)8(13)15-3/h12,14H,4-7H2,1-3H3. The molecule has 2 fully saturated rings. The molecule has 0 aromatic carbocycles. The van der Waals surface area contributed by atoms with Gasteiger partial charge in [-0.05, 0) is 18.3 Å². The summed E-state index contributed by atoms with van der Waals surface area (Å²) in [6.45, 7) is 5.29. The molecule has 2 aliphatic rings. The molecular formula is C11H19NO3. The molecule has 0 unspecified atom stereocenters. The van der Waals surface area contributed by atoms with Gasteiger partial charge in [0.15, 0.2) is 0 Å². The highest BCUT2D eigenvalue weighted by molar-refractivity contribution is 5.80. The summed E-state index contributed by atoms with van der Waals surface area (Å²) < 4.78 is 4.81. The maximum atomic E-state index is 11.7. The van der Waals surface area contributed by atoms with Crippen LogP contribution < -0.4 is 5.32 Å². The van der Waals surface area contributed by atoms with Gasteiger partial charge in [0.1, 0.15) is 5.41 Å². The van der Waals surface area contributed by atoms with E-state index in [9.17, 15) is 9.90 Å². The van der Waals surface area contributed by atoms with Crippen LogP contribution in [0, 0.1) is 10.8 Å². The lowest BCUT2D eigenvalue weighted by atomic mass is 9.49. The minimum absolute atomic E-state index is 0.144. The first kappa shape index (κ1) is 10.9. The summed E-state index contributed by atoms with van der Waals surface area (Å²) in [5.41, 5.74) is -1.42. The van der Waals surface area contributed by atoms with E-state index < -0.39 is 11.0 Å². The van der Waals surface area contributed by atoms with Crippen LogP contribution in [-0.2, 0) is 9.53 Å². The maximum Gasteiger partial charge on any atom is 0.317 e. The number of hydrogen-bond acceptors (Lipinski definition) is 4. The van der Waals surface area contributed by atoms with Crippen LogP contribution in [0.5, 0.6) is 0 Å². The Bertz CT molecular complexity index is 286. The summed E-state index contributed by atoms with van der Waals surface area (Å²) in [4.78, 5) is 11.7. The Morgan fingerprint density at radius 1 is 1.33 bits per heavy atom. The van der Waals surface area contributed by atoms with Crippen LogP contribution in [-0.4, -0.2) is 36.9 Å². The zero-order valence-electron chi connectivity index (χ0n) is 9.59. The van der Waals surface area contributed by atoms with Crippen LogP contribution in [0.25, 0.3) is 0 Å². The normalized spacial score (nSPS) is 29.9. The lowest BCUT2D eigenvalue weighted by Crippen LogP contribution is -2.74. The molecule has 86 valence electrons. The van der Waals surface area contributed by atoms with Crippen molar-refractivity contribution < 1.29 is 14.6 Å². The van der Waals surface area contributed by atoms with Crippen molar-refractivity contribution in [2.24, 2.45) is 10.8 Å². The van der Waals surface area contributed by atoms with Crippen LogP contribution in [0.15, 0.2) is 0 Å². The molecule has 1 saturated carbocycles. The number of carbonyl (C=O) groups is 1. The Kier molecular flexibility index (Phi) is 2.14. The van der Waals surface area contributed by atoms with Gasteiger partial charge in [0.2, 0.25) is 0 Å². The van der Waals surface area contributed by atoms with Crippen LogP contribution in [0.3, 0.4) is 0 Å². The summed E-state index contributed by atoms with van der Waals surface area (Å²) in [5, 5.41) is 13.5. The van der Waals surface area contributed by atoms with Gasteiger partial charge in [-0.15, -0.1) is 0 Å². The summed E-state index contributed by atoms with van der Waals surface area (Å²) in [6, 6.07) is 0. The van der Waals surface area contributed by atoms with Crippen molar-refractivity contribution in [2.45, 2.75) is 32.3 Å². The van der Waals surface area contributed by atoms with Gasteiger partial charge in [-0.25, -0.2) is 0 Å². The van der Waals surface area contributed by atoms with E-state index >= 15 is 0 Å². The second-order valence-electron chi connectivity index (χ2n) is 5.73. The van der Waals surface area contributed by atoms with E-state index in [0.29, 0.717) is 25.9 Å². The summed E-state index contributed by atoms with van der Waals surface area (Å²) in [6.07, 6.45) is 1.35. The van der Waals surface area contributed by atoms with Crippen molar-refractivity contribution in [3.63, 3.8) is 0 Å². The quantitative estimate of drug-likeness (QED) is 0.648. The average Bonchev–Trinajstić information content (AvgIpc) is 1.97. The lowest BCUT2D eigenvalue weighted by molar-refractivity contribution is -0.223. The van der Waals surface area contributed by atoms with Crippen molar-refractivity contribution in [1.29, 1.82) is 0 Å². The number of aliphatic hydroxyl groups is 1. The number of nitrogens with one attached hydrogen (secondary N) is 1. The fraction of sp³-hybridized carbons (Fsp3) is 0.909. The molecule has 0 aromatic rings. The molecular weight excluding hydrogens is 194 g/mol. The van der Waals surface area contributed by atoms with Gasteiger partial charge in [-0.1, -0.05) is 13.8 Å². The lowest BCUT2D eigenvalue weighted by Gasteiger charge is -2.61. The zero-order chi connectivity index (χ0) is 11.3. The first-order valence-corrected chi connectivity index (χ1v) is 5.37. The minimum atomic E-state index is -0.866. The first-order valence-electron chi connectivity index (χ1n) is 5.37. The van der Waals surface area contributed by atoms with Crippen molar-refractivity contribution in [1.82, 2.24) is 5.32 Å². The molecule has 1 saturated heterocycles. The van der Waals surface area contributed by atoms with E-state index in [0.717, 1.165) is 0 Å². The molecule has 1 heterocycles. The Morgan fingerprint density at radius 3 is 2.13 bits per heavy atom. The molecule has 15 heavy (non-hydrogen) atoms. The fourth-order valence-corrected chi connectivity index (χ4v) is 3.10. The maximum absolute atomic E-state index is 11.7. The molecule has 0 atom stereocenters. The topological polar surface area (TPSA) is 58.6 Å². The van der Waals surface area contributed by atoms with Gasteiger partial charge < -0.3 is 15.2 Å². The van der Waals surface area contributed by atoms with Crippen LogP contribution in [0.2, 0.25) is 0 Å². The Morgan fingerprint density at radius 2 is 1.87 bits per heavy atom. The molecule has 1 aliphatic carbocycles. The second kappa shape index (κ2) is 2.95. The number of carbonyl (C=O) groups excluding carboxylic acids is 1. The minimum Gasteiger partial charge on any atom is -0.468 e. The molecule has 4 nitrogen and oxygen atoms in total. The molecule has 2 rings (SSSR count). The summed E-state index contributed by atoms with van der Waals surface area (Å²) >= 11 is 0. The largest absolute Gasteiger partial charge is 0.468 e. The van der Waals surface area contributed by atoms with Gasteiger partial charge in [0, 0.05) is 13.1 Å². The van der Waals surface area contributed by atoms with Gasteiger partial charge in [-0.2, -0.15) is 0 Å². The first-order chi connectivity index (χ1) is 6.85. The third-order valence-electron chi connectivity index (χ3n) is 3.86. The summed E-state index contributed by atoms with van der Waals surface area (Å²) in [7, 11) is 1.38. The molecule has 0 spiro atoms. The van der Waals surface area contributed by atoms with Gasteiger partial charge in [0.25, 0.3) is 0 Å². The van der Waals surface area contributed by atoms with E-state index in [1.54, 1.807) is 0 Å². The van der Waals surface area contributed by atoms with Crippen molar-refractivity contribution in [3.05, 3.63) is 0 Å². The predicted octanol–water partition coefficient (Wildman–Crippen LogP) is 0.300. The molecule has 0 aromatic heterocycles. The Labute approximate surface area is 90.0 Å². The monoisotopic (exact) mass is 213 g/mol. The number of methoxy groups -OCH3 is 1. The smallest absolute Gasteiger partial charge is 0.317 e. The number of rotatable bonds is 2. The van der Waals surface area contributed by atoms with Crippen molar-refractivity contribution in [2.75, 3.05) is 20.2 Å². The highest BCUT2D eigenvalue weighted by atomic mass is 16.5. The number of ether oxygens (including phenoxy) is 1. The molecule has 0 amide bonds. The van der Waals surface area contributed by atoms with Crippen LogP contribution in [0.1, 0.15) is 26.7 Å². The Hall–Kier alpha value is -0.610. The van der Waals surface area contributed by atoms with E-state index in [-0.39, 0.29) is 11.4 Å². The molecule has 2 N–H and O–H groups in total. The average molecular weight is 213 g/mol. The highest BCUT2D eigenvalue weighted by Crippen LogP contribution is 2.57. The molecule has 4 heteroatoms.